The van der Waals surface area contributed by atoms with Crippen LogP contribution in [0, 0.1) is 5.92 Å². The maximum atomic E-state index is 11.6. The van der Waals surface area contributed by atoms with Gasteiger partial charge in [-0.15, -0.1) is 0 Å². The average molecular weight is 103 g/mol. The molecule has 1 fully saturated rings. The Morgan fingerprint density at radius 1 is 1.71 bits per heavy atom. The van der Waals surface area contributed by atoms with Crippen LogP contribution in [0.15, 0.2) is 0 Å². The molecule has 0 bridgehead atoms. The third-order valence-electron chi connectivity index (χ3n) is 1.41. The molecular formula is C5H10FN. The summed E-state index contributed by atoms with van der Waals surface area (Å²) in [4.78, 5) is 0. The Kier molecular flexibility index (Phi) is 1.28. The molecule has 0 amide bonds. The SMILES string of the molecule is NC(CF)C1CC1. The quantitative estimate of drug-likeness (QED) is 0.546. The zero-order valence-electron chi connectivity index (χ0n) is 4.23. The molecule has 7 heavy (non-hydrogen) atoms. The van der Waals surface area contributed by atoms with Crippen LogP contribution in [0.5, 0.6) is 0 Å². The Hall–Kier alpha value is -0.110. The van der Waals surface area contributed by atoms with E-state index in [2.05, 4.69) is 0 Å². The monoisotopic (exact) mass is 103 g/mol. The van der Waals surface area contributed by atoms with Gasteiger partial charge in [-0.05, 0) is 18.8 Å². The zero-order valence-corrected chi connectivity index (χ0v) is 4.23. The summed E-state index contributed by atoms with van der Waals surface area (Å²) in [6, 6.07) is -0.153. The van der Waals surface area contributed by atoms with Crippen LogP contribution in [0.2, 0.25) is 0 Å². The molecule has 2 heteroatoms. The summed E-state index contributed by atoms with van der Waals surface area (Å²) in [5, 5.41) is 0. The number of rotatable bonds is 2. The van der Waals surface area contributed by atoms with Gasteiger partial charge in [0, 0.05) is 6.04 Å². The van der Waals surface area contributed by atoms with Gasteiger partial charge in [-0.25, -0.2) is 4.39 Å². The first-order chi connectivity index (χ1) is 3.34. The second-order valence-corrected chi connectivity index (χ2v) is 2.16. The molecule has 0 spiro atoms. The Bertz CT molecular complexity index is 61.1. The second kappa shape index (κ2) is 1.78. The first-order valence-corrected chi connectivity index (χ1v) is 2.66. The van der Waals surface area contributed by atoms with E-state index in [9.17, 15) is 4.39 Å². The van der Waals surface area contributed by atoms with Crippen LogP contribution in [0.25, 0.3) is 0 Å². The van der Waals surface area contributed by atoms with E-state index in [-0.39, 0.29) is 12.7 Å². The Morgan fingerprint density at radius 3 is 2.43 bits per heavy atom. The maximum Gasteiger partial charge on any atom is 0.105 e. The summed E-state index contributed by atoms with van der Waals surface area (Å²) < 4.78 is 11.6. The van der Waals surface area contributed by atoms with E-state index < -0.39 is 0 Å². The van der Waals surface area contributed by atoms with Crippen molar-refractivity contribution in [3.8, 4) is 0 Å². The van der Waals surface area contributed by atoms with Gasteiger partial charge in [0.05, 0.1) is 0 Å². The average Bonchev–Trinajstić information content (AvgIpc) is 2.44. The Balaban J connectivity index is 2.10. The highest BCUT2D eigenvalue weighted by Gasteiger charge is 2.27. The summed E-state index contributed by atoms with van der Waals surface area (Å²) in [5.74, 6) is 0.519. The molecule has 0 aromatic heterocycles. The molecule has 0 heterocycles. The van der Waals surface area contributed by atoms with Crippen molar-refractivity contribution < 1.29 is 4.39 Å². The van der Waals surface area contributed by atoms with Gasteiger partial charge < -0.3 is 5.73 Å². The maximum absolute atomic E-state index is 11.6. The van der Waals surface area contributed by atoms with E-state index >= 15 is 0 Å². The number of hydrogen-bond acceptors (Lipinski definition) is 1. The third-order valence-corrected chi connectivity index (χ3v) is 1.41. The van der Waals surface area contributed by atoms with Gasteiger partial charge in [-0.2, -0.15) is 0 Å². The topological polar surface area (TPSA) is 26.0 Å². The standard InChI is InChI=1S/C5H10FN/c6-3-5(7)4-1-2-4/h4-5H,1-3,7H2. The Labute approximate surface area is 42.7 Å². The summed E-state index contributed by atoms with van der Waals surface area (Å²) in [7, 11) is 0. The summed E-state index contributed by atoms with van der Waals surface area (Å²) in [6.07, 6.45) is 2.29. The molecular weight excluding hydrogens is 93.1 g/mol. The molecule has 1 atom stereocenters. The summed E-state index contributed by atoms with van der Waals surface area (Å²) in [6.45, 7) is -0.343. The fraction of sp³-hybridized carbons (Fsp3) is 1.00. The van der Waals surface area contributed by atoms with Gasteiger partial charge in [0.25, 0.3) is 0 Å². The van der Waals surface area contributed by atoms with E-state index in [0.29, 0.717) is 5.92 Å². The minimum Gasteiger partial charge on any atom is -0.325 e. The molecule has 2 N–H and O–H groups in total. The van der Waals surface area contributed by atoms with Crippen LogP contribution >= 0.6 is 0 Å². The molecule has 1 aliphatic rings. The van der Waals surface area contributed by atoms with Gasteiger partial charge in [0.1, 0.15) is 6.67 Å². The van der Waals surface area contributed by atoms with Gasteiger partial charge in [-0.3, -0.25) is 0 Å². The van der Waals surface area contributed by atoms with E-state index in [0.717, 1.165) is 12.8 Å². The van der Waals surface area contributed by atoms with E-state index in [1.54, 1.807) is 0 Å². The molecule has 42 valence electrons. The number of alkyl halides is 1. The minimum absolute atomic E-state index is 0.153. The fourth-order valence-electron chi connectivity index (χ4n) is 0.650. The normalized spacial score (nSPS) is 24.9. The number of nitrogens with two attached hydrogens (primary N) is 1. The number of hydrogen-bond donors (Lipinski definition) is 1. The highest BCUT2D eigenvalue weighted by molar-refractivity contribution is 4.82. The molecule has 0 saturated heterocycles. The van der Waals surface area contributed by atoms with Crippen LogP contribution in [-0.4, -0.2) is 12.7 Å². The van der Waals surface area contributed by atoms with E-state index in [1.165, 1.54) is 0 Å². The summed E-state index contributed by atoms with van der Waals surface area (Å²) in [5.41, 5.74) is 5.30. The molecule has 1 saturated carbocycles. The first-order valence-electron chi connectivity index (χ1n) is 2.66. The van der Waals surface area contributed by atoms with Gasteiger partial charge in [-0.1, -0.05) is 0 Å². The second-order valence-electron chi connectivity index (χ2n) is 2.16. The van der Waals surface area contributed by atoms with Crippen LogP contribution in [0.1, 0.15) is 12.8 Å². The molecule has 0 aliphatic heterocycles. The van der Waals surface area contributed by atoms with Gasteiger partial charge >= 0.3 is 0 Å². The Morgan fingerprint density at radius 2 is 2.29 bits per heavy atom. The third kappa shape index (κ3) is 1.13. The van der Waals surface area contributed by atoms with E-state index in [4.69, 9.17) is 5.73 Å². The van der Waals surface area contributed by atoms with Crippen LogP contribution in [0.4, 0.5) is 4.39 Å². The smallest absolute Gasteiger partial charge is 0.105 e. The predicted molar refractivity (Wildman–Crippen MR) is 26.7 cm³/mol. The van der Waals surface area contributed by atoms with E-state index in [1.807, 2.05) is 0 Å². The lowest BCUT2D eigenvalue weighted by Gasteiger charge is -1.99. The van der Waals surface area contributed by atoms with Crippen LogP contribution in [0.3, 0.4) is 0 Å². The highest BCUT2D eigenvalue weighted by Crippen LogP contribution is 2.31. The minimum atomic E-state index is -0.343. The summed E-state index contributed by atoms with van der Waals surface area (Å²) >= 11 is 0. The molecule has 1 nitrogen and oxygen atoms in total. The van der Waals surface area contributed by atoms with Gasteiger partial charge in [0.2, 0.25) is 0 Å². The van der Waals surface area contributed by atoms with Crippen molar-refractivity contribution >= 4 is 0 Å². The molecule has 1 aliphatic carbocycles. The molecule has 0 aromatic rings. The van der Waals surface area contributed by atoms with Crippen molar-refractivity contribution in [1.29, 1.82) is 0 Å². The zero-order chi connectivity index (χ0) is 5.28. The van der Waals surface area contributed by atoms with Crippen LogP contribution in [-0.2, 0) is 0 Å². The lowest BCUT2D eigenvalue weighted by molar-refractivity contribution is 0.403. The fourth-order valence-corrected chi connectivity index (χ4v) is 0.650. The van der Waals surface area contributed by atoms with Crippen molar-refractivity contribution in [2.75, 3.05) is 6.67 Å². The highest BCUT2D eigenvalue weighted by atomic mass is 19.1. The largest absolute Gasteiger partial charge is 0.325 e. The molecule has 1 rings (SSSR count). The lowest BCUT2D eigenvalue weighted by Crippen LogP contribution is -2.24. The van der Waals surface area contributed by atoms with Crippen molar-refractivity contribution in [1.82, 2.24) is 0 Å². The predicted octanol–water partition coefficient (Wildman–Crippen LogP) is 0.693. The number of halogens is 1. The molecule has 1 unspecified atom stereocenters. The van der Waals surface area contributed by atoms with Crippen molar-refractivity contribution in [2.24, 2.45) is 11.7 Å². The van der Waals surface area contributed by atoms with Crippen LogP contribution < -0.4 is 5.73 Å². The van der Waals surface area contributed by atoms with Crippen molar-refractivity contribution in [2.45, 2.75) is 18.9 Å². The first kappa shape index (κ1) is 5.04. The lowest BCUT2D eigenvalue weighted by atomic mass is 10.2. The van der Waals surface area contributed by atoms with Gasteiger partial charge in [0.15, 0.2) is 0 Å². The molecule has 0 radical (unpaired) electrons. The van der Waals surface area contributed by atoms with Crippen molar-refractivity contribution in [3.63, 3.8) is 0 Å². The van der Waals surface area contributed by atoms with Crippen molar-refractivity contribution in [3.05, 3.63) is 0 Å². The molecule has 0 aromatic carbocycles.